The highest BCUT2D eigenvalue weighted by molar-refractivity contribution is 7.71. The van der Waals surface area contributed by atoms with Gasteiger partial charge in [-0.05, 0) is 44.3 Å². The molecule has 1 aromatic carbocycles. The third kappa shape index (κ3) is 3.79. The lowest BCUT2D eigenvalue weighted by Crippen LogP contribution is -2.23. The summed E-state index contributed by atoms with van der Waals surface area (Å²) in [6.07, 6.45) is -4.58. The van der Waals surface area contributed by atoms with E-state index in [1.165, 1.54) is 47.0 Å². The standard InChI is InChI=1S/C19H19F3N6O3S/c1-5-27-16(30)14(15(29)25(3)18(27)32)24-23-13-10(2)26(4)28(17(13)31)12-8-6-7-11(9-12)19(20,21)22/h6-9,29H,5H2,1-4H3. The van der Waals surface area contributed by atoms with Gasteiger partial charge in [0.05, 0.1) is 16.9 Å². The van der Waals surface area contributed by atoms with Gasteiger partial charge in [0.1, 0.15) is 0 Å². The summed E-state index contributed by atoms with van der Waals surface area (Å²) in [5.41, 5.74) is -2.69. The number of alkyl halides is 3. The number of nitrogens with zero attached hydrogens (tertiary/aromatic N) is 6. The Morgan fingerprint density at radius 1 is 1.09 bits per heavy atom. The molecule has 0 saturated carbocycles. The number of aromatic hydroxyl groups is 1. The molecule has 170 valence electrons. The van der Waals surface area contributed by atoms with E-state index in [2.05, 4.69) is 10.2 Å². The zero-order valence-corrected chi connectivity index (χ0v) is 18.3. The first kappa shape index (κ1) is 23.2. The molecule has 1 N–H and O–H groups in total. The zero-order chi connectivity index (χ0) is 24.0. The first-order valence-electron chi connectivity index (χ1n) is 9.30. The molecule has 0 aliphatic carbocycles. The molecule has 32 heavy (non-hydrogen) atoms. The van der Waals surface area contributed by atoms with Crippen LogP contribution in [0.3, 0.4) is 0 Å². The highest BCUT2D eigenvalue weighted by Gasteiger charge is 2.31. The normalized spacial score (nSPS) is 12.1. The molecular formula is C19H19F3N6O3S. The lowest BCUT2D eigenvalue weighted by atomic mass is 10.2. The van der Waals surface area contributed by atoms with Gasteiger partial charge in [0.15, 0.2) is 10.5 Å². The number of rotatable bonds is 4. The Morgan fingerprint density at radius 2 is 1.72 bits per heavy atom. The predicted molar refractivity (Wildman–Crippen MR) is 113 cm³/mol. The summed E-state index contributed by atoms with van der Waals surface area (Å²) in [6.45, 7) is 3.43. The summed E-state index contributed by atoms with van der Waals surface area (Å²) in [5, 5.41) is 17.9. The topological polar surface area (TPSA) is 98.8 Å². The summed E-state index contributed by atoms with van der Waals surface area (Å²) in [6, 6.07) is 4.28. The van der Waals surface area contributed by atoms with E-state index >= 15 is 0 Å². The second kappa shape index (κ2) is 8.22. The predicted octanol–water partition coefficient (Wildman–Crippen LogP) is 3.87. The highest BCUT2D eigenvalue weighted by atomic mass is 32.1. The molecule has 0 spiro atoms. The maximum atomic E-state index is 13.1. The van der Waals surface area contributed by atoms with Crippen molar-refractivity contribution >= 4 is 23.6 Å². The van der Waals surface area contributed by atoms with Gasteiger partial charge in [0, 0.05) is 20.6 Å². The van der Waals surface area contributed by atoms with E-state index in [9.17, 15) is 27.9 Å². The van der Waals surface area contributed by atoms with Crippen LogP contribution in [0, 0.1) is 11.7 Å². The molecule has 0 atom stereocenters. The van der Waals surface area contributed by atoms with Crippen molar-refractivity contribution in [3.63, 3.8) is 0 Å². The Hall–Kier alpha value is -3.48. The first-order chi connectivity index (χ1) is 14.9. The van der Waals surface area contributed by atoms with Gasteiger partial charge in [-0.3, -0.25) is 23.4 Å². The monoisotopic (exact) mass is 468 g/mol. The van der Waals surface area contributed by atoms with Gasteiger partial charge in [0.2, 0.25) is 11.6 Å². The van der Waals surface area contributed by atoms with Crippen LogP contribution in [0.5, 0.6) is 5.88 Å². The Bertz CT molecular complexity index is 1410. The molecule has 0 amide bonds. The van der Waals surface area contributed by atoms with Crippen molar-refractivity contribution in [2.24, 2.45) is 24.3 Å². The molecule has 0 saturated heterocycles. The largest absolute Gasteiger partial charge is 0.493 e. The Balaban J connectivity index is 2.18. The van der Waals surface area contributed by atoms with Gasteiger partial charge in [0.25, 0.3) is 11.1 Å². The second-order valence-electron chi connectivity index (χ2n) is 6.89. The van der Waals surface area contributed by atoms with Gasteiger partial charge in [-0.1, -0.05) is 6.07 Å². The van der Waals surface area contributed by atoms with E-state index in [1.807, 2.05) is 0 Å². The van der Waals surface area contributed by atoms with Crippen LogP contribution >= 0.6 is 12.2 Å². The number of benzene rings is 1. The van der Waals surface area contributed by atoms with Gasteiger partial charge < -0.3 is 5.11 Å². The number of hydrogen-bond donors (Lipinski definition) is 1. The third-order valence-electron chi connectivity index (χ3n) is 5.00. The summed E-state index contributed by atoms with van der Waals surface area (Å²) in [5.74, 6) is -0.528. The van der Waals surface area contributed by atoms with Crippen LogP contribution in [0.1, 0.15) is 18.2 Å². The van der Waals surface area contributed by atoms with Crippen molar-refractivity contribution in [2.45, 2.75) is 26.6 Å². The van der Waals surface area contributed by atoms with Crippen LogP contribution in [0.15, 0.2) is 44.1 Å². The molecule has 0 aliphatic rings. The van der Waals surface area contributed by atoms with Crippen molar-refractivity contribution in [2.75, 3.05) is 0 Å². The lowest BCUT2D eigenvalue weighted by Gasteiger charge is -2.11. The number of halogens is 3. The molecule has 9 nitrogen and oxygen atoms in total. The fourth-order valence-corrected chi connectivity index (χ4v) is 3.42. The summed E-state index contributed by atoms with van der Waals surface area (Å²) in [4.78, 5) is 25.5. The maximum Gasteiger partial charge on any atom is 0.416 e. The zero-order valence-electron chi connectivity index (χ0n) is 17.5. The second-order valence-corrected chi connectivity index (χ2v) is 7.25. The maximum absolute atomic E-state index is 13.1. The average Bonchev–Trinajstić information content (AvgIpc) is 2.95. The molecule has 13 heteroatoms. The van der Waals surface area contributed by atoms with E-state index in [-0.39, 0.29) is 28.4 Å². The Kier molecular flexibility index (Phi) is 5.96. The molecular weight excluding hydrogens is 449 g/mol. The number of aromatic nitrogens is 4. The SMILES string of the molecule is CCn1c(=O)c(N=Nc2c(C)n(C)n(-c3cccc(C(F)(F)F)c3)c2=O)c(O)n(C)c1=S. The molecule has 0 aliphatic heterocycles. The van der Waals surface area contributed by atoms with E-state index in [1.54, 1.807) is 6.92 Å². The van der Waals surface area contributed by atoms with Crippen molar-refractivity contribution in [1.82, 2.24) is 18.5 Å². The third-order valence-corrected chi connectivity index (χ3v) is 5.50. The lowest BCUT2D eigenvalue weighted by molar-refractivity contribution is -0.137. The minimum Gasteiger partial charge on any atom is -0.493 e. The molecule has 2 heterocycles. The van der Waals surface area contributed by atoms with Gasteiger partial charge in [-0.25, -0.2) is 4.68 Å². The van der Waals surface area contributed by atoms with E-state index < -0.39 is 34.4 Å². The summed E-state index contributed by atoms with van der Waals surface area (Å²) >= 11 is 5.11. The number of hydrogen-bond acceptors (Lipinski definition) is 6. The van der Waals surface area contributed by atoms with Crippen molar-refractivity contribution in [1.29, 1.82) is 0 Å². The Labute approximate surface area is 184 Å². The quantitative estimate of drug-likeness (QED) is 0.464. The van der Waals surface area contributed by atoms with E-state index in [0.29, 0.717) is 0 Å². The van der Waals surface area contributed by atoms with Gasteiger partial charge in [-0.15, -0.1) is 10.2 Å². The van der Waals surface area contributed by atoms with Crippen LogP contribution < -0.4 is 11.1 Å². The average molecular weight is 468 g/mol. The van der Waals surface area contributed by atoms with Gasteiger partial charge in [-0.2, -0.15) is 13.2 Å². The summed E-state index contributed by atoms with van der Waals surface area (Å²) < 4.78 is 44.0. The van der Waals surface area contributed by atoms with Crippen LogP contribution in [0.2, 0.25) is 0 Å². The number of azo groups is 1. The molecule has 0 bridgehead atoms. The smallest absolute Gasteiger partial charge is 0.416 e. The molecule has 0 radical (unpaired) electrons. The van der Waals surface area contributed by atoms with Crippen molar-refractivity contribution < 1.29 is 18.3 Å². The molecule has 3 rings (SSSR count). The minimum absolute atomic E-state index is 0.0186. The van der Waals surface area contributed by atoms with Crippen molar-refractivity contribution in [3.8, 4) is 11.6 Å². The minimum atomic E-state index is -4.58. The van der Waals surface area contributed by atoms with Crippen LogP contribution in [0.4, 0.5) is 24.5 Å². The van der Waals surface area contributed by atoms with Crippen LogP contribution in [-0.2, 0) is 26.8 Å². The van der Waals surface area contributed by atoms with E-state index in [0.717, 1.165) is 16.8 Å². The van der Waals surface area contributed by atoms with Crippen LogP contribution in [-0.4, -0.2) is 23.6 Å². The fraction of sp³-hybridized carbons (Fsp3) is 0.316. The molecule has 0 unspecified atom stereocenters. The molecule has 3 aromatic rings. The van der Waals surface area contributed by atoms with Gasteiger partial charge >= 0.3 is 6.18 Å². The summed E-state index contributed by atoms with van der Waals surface area (Å²) in [7, 11) is 2.92. The van der Waals surface area contributed by atoms with E-state index in [4.69, 9.17) is 12.2 Å². The molecule has 2 aromatic heterocycles. The molecule has 0 fully saturated rings. The van der Waals surface area contributed by atoms with Crippen molar-refractivity contribution in [3.05, 3.63) is 61.0 Å². The fourth-order valence-electron chi connectivity index (χ4n) is 3.12. The Morgan fingerprint density at radius 3 is 2.31 bits per heavy atom. The first-order valence-corrected chi connectivity index (χ1v) is 9.71. The highest BCUT2D eigenvalue weighted by Crippen LogP contribution is 2.31. The van der Waals surface area contributed by atoms with Crippen LogP contribution in [0.25, 0.3) is 5.69 Å².